The van der Waals surface area contributed by atoms with Crippen molar-refractivity contribution >= 4 is 35.3 Å². The summed E-state index contributed by atoms with van der Waals surface area (Å²) in [6.45, 7) is 13.0. The van der Waals surface area contributed by atoms with Crippen molar-refractivity contribution in [3.05, 3.63) is 29.8 Å². The van der Waals surface area contributed by atoms with Gasteiger partial charge in [-0.25, -0.2) is 4.79 Å². The highest BCUT2D eigenvalue weighted by atomic mass is 16.3. The Balaban J connectivity index is 1.84. The summed E-state index contributed by atoms with van der Waals surface area (Å²) < 4.78 is 0. The summed E-state index contributed by atoms with van der Waals surface area (Å²) in [5.74, 6) is -4.00. The SMILES string of the molecule is CC(C)[C@H](NC(=O)N[C@H](C(=O)N1CC[C@H](C(C)C)[C@H]1C(=O)NC(CC1CC1)C(=O)C(N)=O)C(C)(C)C)C(=O)c1ccccc1O. The monoisotopic (exact) mass is 627 g/mol. The Morgan fingerprint density at radius 2 is 1.58 bits per heavy atom. The molecule has 5 amide bonds. The van der Waals surface area contributed by atoms with E-state index in [1.165, 1.54) is 17.0 Å². The zero-order valence-electron chi connectivity index (χ0n) is 27.4. The first kappa shape index (κ1) is 35.5. The lowest BCUT2D eigenvalue weighted by atomic mass is 9.84. The molecule has 5 atom stereocenters. The van der Waals surface area contributed by atoms with E-state index in [1.54, 1.807) is 46.8 Å². The van der Waals surface area contributed by atoms with E-state index >= 15 is 0 Å². The van der Waals surface area contributed by atoms with Gasteiger partial charge in [0.25, 0.3) is 5.91 Å². The average molecular weight is 628 g/mol. The first-order valence-electron chi connectivity index (χ1n) is 15.8. The number of nitrogens with one attached hydrogen (secondary N) is 3. The number of Topliss-reactive ketones (excluding diaryl/α,β-unsaturated/α-hetero) is 2. The number of phenols is 1. The van der Waals surface area contributed by atoms with Crippen molar-refractivity contribution in [1.29, 1.82) is 0 Å². The molecule has 0 radical (unpaired) electrons. The molecule has 0 spiro atoms. The molecule has 1 unspecified atom stereocenters. The van der Waals surface area contributed by atoms with Crippen LogP contribution in [0.2, 0.25) is 0 Å². The number of likely N-dealkylation sites (tertiary alicyclic amines) is 1. The number of carbonyl (C=O) groups is 6. The van der Waals surface area contributed by atoms with Gasteiger partial charge in [-0.3, -0.25) is 24.0 Å². The molecule has 12 nitrogen and oxygen atoms in total. The maximum absolute atomic E-state index is 14.2. The van der Waals surface area contributed by atoms with Gasteiger partial charge in [0.05, 0.1) is 17.6 Å². The number of amides is 5. The van der Waals surface area contributed by atoms with Gasteiger partial charge in [-0.15, -0.1) is 0 Å². The lowest BCUT2D eigenvalue weighted by Gasteiger charge is -2.37. The predicted octanol–water partition coefficient (Wildman–Crippen LogP) is 2.53. The molecule has 1 aliphatic heterocycles. The number of hydrogen-bond donors (Lipinski definition) is 5. The number of hydrogen-bond acceptors (Lipinski definition) is 7. The molecule has 0 aromatic heterocycles. The number of para-hydroxylation sites is 1. The molecule has 45 heavy (non-hydrogen) atoms. The third kappa shape index (κ3) is 8.82. The second kappa shape index (κ2) is 14.4. The molecule has 1 aromatic rings. The molecule has 6 N–H and O–H groups in total. The molecular formula is C33H49N5O7. The Bertz CT molecular complexity index is 1300. The summed E-state index contributed by atoms with van der Waals surface area (Å²) in [6, 6.07) is 1.26. The van der Waals surface area contributed by atoms with Gasteiger partial charge in [0.15, 0.2) is 5.78 Å². The maximum Gasteiger partial charge on any atom is 0.316 e. The third-order valence-electron chi connectivity index (χ3n) is 8.79. The zero-order valence-corrected chi connectivity index (χ0v) is 27.4. The molecule has 1 aliphatic carbocycles. The lowest BCUT2D eigenvalue weighted by molar-refractivity contribution is -0.144. The van der Waals surface area contributed by atoms with E-state index in [1.807, 2.05) is 13.8 Å². The number of nitrogens with zero attached hydrogens (tertiary/aromatic N) is 1. The van der Waals surface area contributed by atoms with E-state index in [4.69, 9.17) is 5.73 Å². The van der Waals surface area contributed by atoms with E-state index < -0.39 is 64.9 Å². The number of carbonyl (C=O) groups excluding carboxylic acids is 6. The van der Waals surface area contributed by atoms with E-state index in [9.17, 15) is 33.9 Å². The molecule has 12 heteroatoms. The van der Waals surface area contributed by atoms with Crippen LogP contribution in [0.4, 0.5) is 4.79 Å². The standard InChI is InChI=1S/C33H49N5O7/c1-17(2)20-14-15-38(25(20)30(43)35-22(16-19-12-13-19)27(41)29(34)42)31(44)28(33(5,6)7)37-32(45)36-24(18(3)4)26(40)21-10-8-9-11-23(21)39/h8-11,17-20,22,24-25,28,39H,12-16H2,1-7H3,(H2,34,42)(H,35,43)(H2,36,37,45)/t20-,22?,24+,25+,28-/m1/s1. The summed E-state index contributed by atoms with van der Waals surface area (Å²) in [5, 5.41) is 18.4. The van der Waals surface area contributed by atoms with E-state index in [2.05, 4.69) is 16.0 Å². The van der Waals surface area contributed by atoms with Crippen LogP contribution in [0.15, 0.2) is 24.3 Å². The smallest absolute Gasteiger partial charge is 0.316 e. The number of phenolic OH excluding ortho intramolecular Hbond substituents is 1. The van der Waals surface area contributed by atoms with Gasteiger partial charge in [0.1, 0.15) is 17.8 Å². The van der Waals surface area contributed by atoms with Crippen LogP contribution >= 0.6 is 0 Å². The van der Waals surface area contributed by atoms with E-state index in [0.29, 0.717) is 12.8 Å². The van der Waals surface area contributed by atoms with Crippen molar-refractivity contribution in [1.82, 2.24) is 20.9 Å². The van der Waals surface area contributed by atoms with Crippen LogP contribution in [0.3, 0.4) is 0 Å². The highest BCUT2D eigenvalue weighted by Crippen LogP contribution is 2.35. The summed E-state index contributed by atoms with van der Waals surface area (Å²) in [4.78, 5) is 80.4. The van der Waals surface area contributed by atoms with Gasteiger partial charge in [0, 0.05) is 6.54 Å². The lowest BCUT2D eigenvalue weighted by Crippen LogP contribution is -2.62. The molecular weight excluding hydrogens is 578 g/mol. The van der Waals surface area contributed by atoms with Crippen LogP contribution in [-0.4, -0.2) is 76.0 Å². The van der Waals surface area contributed by atoms with Crippen LogP contribution in [0.5, 0.6) is 5.75 Å². The van der Waals surface area contributed by atoms with Gasteiger partial charge >= 0.3 is 6.03 Å². The highest BCUT2D eigenvalue weighted by molar-refractivity contribution is 6.37. The molecule has 1 heterocycles. The maximum atomic E-state index is 14.2. The number of aromatic hydroxyl groups is 1. The minimum atomic E-state index is -1.12. The van der Waals surface area contributed by atoms with Crippen LogP contribution in [0.25, 0.3) is 0 Å². The van der Waals surface area contributed by atoms with Crippen LogP contribution in [0, 0.1) is 29.1 Å². The Morgan fingerprint density at radius 1 is 0.956 bits per heavy atom. The largest absolute Gasteiger partial charge is 0.507 e. The van der Waals surface area contributed by atoms with Crippen molar-refractivity contribution in [3.63, 3.8) is 0 Å². The van der Waals surface area contributed by atoms with Crippen molar-refractivity contribution in [3.8, 4) is 5.75 Å². The Labute approximate surface area is 265 Å². The van der Waals surface area contributed by atoms with Gasteiger partial charge in [-0.2, -0.15) is 0 Å². The Hall–Kier alpha value is -3.96. The Kier molecular flexibility index (Phi) is 11.4. The topological polar surface area (TPSA) is 188 Å². The highest BCUT2D eigenvalue weighted by Gasteiger charge is 2.48. The molecule has 248 valence electrons. The minimum absolute atomic E-state index is 0.0174. The molecule has 3 rings (SSSR count). The first-order valence-corrected chi connectivity index (χ1v) is 15.8. The molecule has 0 bridgehead atoms. The van der Waals surface area contributed by atoms with Gasteiger partial charge < -0.3 is 31.7 Å². The summed E-state index contributed by atoms with van der Waals surface area (Å²) in [5.41, 5.74) is 4.55. The quantitative estimate of drug-likeness (QED) is 0.164. The van der Waals surface area contributed by atoms with Gasteiger partial charge in [0.2, 0.25) is 17.6 Å². The summed E-state index contributed by atoms with van der Waals surface area (Å²) in [6.07, 6.45) is 2.64. The molecule has 1 saturated carbocycles. The van der Waals surface area contributed by atoms with Crippen molar-refractivity contribution in [2.45, 2.75) is 98.3 Å². The number of urea groups is 1. The fourth-order valence-electron chi connectivity index (χ4n) is 5.96. The van der Waals surface area contributed by atoms with Crippen LogP contribution < -0.4 is 21.7 Å². The van der Waals surface area contributed by atoms with Crippen molar-refractivity contribution in [2.75, 3.05) is 6.54 Å². The van der Waals surface area contributed by atoms with Crippen LogP contribution in [-0.2, 0) is 19.2 Å². The summed E-state index contributed by atoms with van der Waals surface area (Å²) >= 11 is 0. The second-order valence-electron chi connectivity index (χ2n) is 14.2. The molecule has 2 fully saturated rings. The van der Waals surface area contributed by atoms with Crippen molar-refractivity contribution in [2.24, 2.45) is 34.8 Å². The minimum Gasteiger partial charge on any atom is -0.507 e. The average Bonchev–Trinajstić information content (AvgIpc) is 3.65. The Morgan fingerprint density at radius 3 is 2.09 bits per heavy atom. The van der Waals surface area contributed by atoms with Gasteiger partial charge in [-0.1, -0.05) is 73.4 Å². The normalized spacial score (nSPS) is 20.3. The van der Waals surface area contributed by atoms with Gasteiger partial charge in [-0.05, 0) is 54.1 Å². The number of primary amides is 1. The van der Waals surface area contributed by atoms with Crippen molar-refractivity contribution < 1.29 is 33.9 Å². The summed E-state index contributed by atoms with van der Waals surface area (Å²) in [7, 11) is 0. The van der Waals surface area contributed by atoms with Crippen LogP contribution in [0.1, 0.15) is 84.5 Å². The number of benzene rings is 1. The molecule has 1 saturated heterocycles. The second-order valence-corrected chi connectivity index (χ2v) is 14.2. The third-order valence-corrected chi connectivity index (χ3v) is 8.79. The van der Waals surface area contributed by atoms with E-state index in [-0.39, 0.29) is 41.5 Å². The molecule has 2 aliphatic rings. The fraction of sp³-hybridized carbons (Fsp3) is 0.636. The van der Waals surface area contributed by atoms with E-state index in [0.717, 1.165) is 12.8 Å². The molecule has 1 aromatic carbocycles. The fourth-order valence-corrected chi connectivity index (χ4v) is 5.96. The first-order chi connectivity index (χ1) is 20.9. The number of rotatable bonds is 13. The number of nitrogens with two attached hydrogens (primary N) is 1. The predicted molar refractivity (Wildman–Crippen MR) is 168 cm³/mol. The number of ketones is 2. The zero-order chi connectivity index (χ0) is 33.8.